The fourth-order valence-electron chi connectivity index (χ4n) is 1.64. The van der Waals surface area contributed by atoms with E-state index in [0.29, 0.717) is 0 Å². The summed E-state index contributed by atoms with van der Waals surface area (Å²) in [5.41, 5.74) is 7.09. The van der Waals surface area contributed by atoms with Crippen molar-refractivity contribution in [2.75, 3.05) is 7.11 Å². The van der Waals surface area contributed by atoms with E-state index in [0.717, 1.165) is 29.3 Å². The first-order valence-electron chi connectivity index (χ1n) is 5.75. The lowest BCUT2D eigenvalue weighted by atomic mass is 10.0. The Bertz CT molecular complexity index is 359. The van der Waals surface area contributed by atoms with E-state index >= 15 is 0 Å². The molecular formula is C13H19BrFNO. The zero-order chi connectivity index (χ0) is 12.8. The van der Waals surface area contributed by atoms with Crippen LogP contribution < -0.4 is 5.73 Å². The molecule has 2 nitrogen and oxygen atoms in total. The first-order valence-corrected chi connectivity index (χ1v) is 6.54. The third kappa shape index (κ3) is 5.15. The third-order valence-corrected chi connectivity index (χ3v) is 3.58. The van der Waals surface area contributed by atoms with Crippen LogP contribution >= 0.6 is 15.9 Å². The molecule has 96 valence electrons. The van der Waals surface area contributed by atoms with Gasteiger partial charge in [0.05, 0.1) is 6.10 Å². The lowest BCUT2D eigenvalue weighted by molar-refractivity contribution is 0.107. The van der Waals surface area contributed by atoms with Gasteiger partial charge in [0.25, 0.3) is 0 Å². The number of hydrogen-bond acceptors (Lipinski definition) is 2. The summed E-state index contributed by atoms with van der Waals surface area (Å²) in [6.07, 6.45) is 2.82. The smallest absolute Gasteiger partial charge is 0.124 e. The fraction of sp³-hybridized carbons (Fsp3) is 0.538. The van der Waals surface area contributed by atoms with E-state index in [9.17, 15) is 4.39 Å². The molecule has 1 aromatic rings. The predicted molar refractivity (Wildman–Crippen MR) is 71.5 cm³/mol. The second kappa shape index (κ2) is 7.09. The van der Waals surface area contributed by atoms with Crippen molar-refractivity contribution in [3.63, 3.8) is 0 Å². The maximum absolute atomic E-state index is 12.9. The Labute approximate surface area is 110 Å². The van der Waals surface area contributed by atoms with E-state index in [-0.39, 0.29) is 18.0 Å². The van der Waals surface area contributed by atoms with Crippen LogP contribution in [0, 0.1) is 5.82 Å². The summed E-state index contributed by atoms with van der Waals surface area (Å²) in [7, 11) is 1.70. The standard InChI is InChI=1S/C13H19BrFNO/c1-9(17-2)3-6-12(16)7-10-4-5-11(15)8-13(10)14/h4-5,8-9,12H,3,6-7,16H2,1-2H3. The lowest BCUT2D eigenvalue weighted by Gasteiger charge is -2.15. The van der Waals surface area contributed by atoms with Gasteiger partial charge >= 0.3 is 0 Å². The van der Waals surface area contributed by atoms with E-state index in [1.165, 1.54) is 12.1 Å². The van der Waals surface area contributed by atoms with Crippen LogP contribution in [0.25, 0.3) is 0 Å². The maximum Gasteiger partial charge on any atom is 0.124 e. The molecule has 0 saturated heterocycles. The van der Waals surface area contributed by atoms with Crippen LogP contribution in [0.3, 0.4) is 0 Å². The predicted octanol–water partition coefficient (Wildman–Crippen LogP) is 3.27. The molecule has 1 rings (SSSR count). The molecule has 0 aliphatic carbocycles. The Morgan fingerprint density at radius 1 is 1.41 bits per heavy atom. The average Bonchev–Trinajstić information content (AvgIpc) is 2.29. The quantitative estimate of drug-likeness (QED) is 0.875. The SMILES string of the molecule is COC(C)CCC(N)Cc1ccc(F)cc1Br. The monoisotopic (exact) mass is 303 g/mol. The molecule has 2 N–H and O–H groups in total. The normalized spacial score (nSPS) is 14.6. The molecule has 0 aromatic heterocycles. The Hall–Kier alpha value is -0.450. The topological polar surface area (TPSA) is 35.2 Å². The van der Waals surface area contributed by atoms with Crippen LogP contribution in [-0.2, 0) is 11.2 Å². The van der Waals surface area contributed by atoms with Gasteiger partial charge in [-0.25, -0.2) is 4.39 Å². The fourth-order valence-corrected chi connectivity index (χ4v) is 2.15. The second-order valence-corrected chi connectivity index (χ2v) is 5.18. The summed E-state index contributed by atoms with van der Waals surface area (Å²) < 4.78 is 18.9. The van der Waals surface area contributed by atoms with Gasteiger partial charge in [-0.15, -0.1) is 0 Å². The van der Waals surface area contributed by atoms with E-state index in [1.807, 2.05) is 6.92 Å². The van der Waals surface area contributed by atoms with Gasteiger partial charge in [-0.1, -0.05) is 22.0 Å². The molecule has 0 aliphatic rings. The van der Waals surface area contributed by atoms with Crippen molar-refractivity contribution >= 4 is 15.9 Å². The second-order valence-electron chi connectivity index (χ2n) is 4.32. The Kier molecular flexibility index (Phi) is 6.09. The number of benzene rings is 1. The van der Waals surface area contributed by atoms with Crippen LogP contribution in [0.1, 0.15) is 25.3 Å². The first-order chi connectivity index (χ1) is 8.02. The zero-order valence-corrected chi connectivity index (χ0v) is 11.8. The number of ether oxygens (including phenoxy) is 1. The minimum atomic E-state index is -0.234. The third-order valence-electron chi connectivity index (χ3n) is 2.84. The highest BCUT2D eigenvalue weighted by molar-refractivity contribution is 9.10. The minimum absolute atomic E-state index is 0.0781. The van der Waals surface area contributed by atoms with Gasteiger partial charge in [-0.2, -0.15) is 0 Å². The highest BCUT2D eigenvalue weighted by Gasteiger charge is 2.09. The van der Waals surface area contributed by atoms with Crippen LogP contribution in [0.2, 0.25) is 0 Å². The van der Waals surface area contributed by atoms with Gasteiger partial charge in [-0.05, 0) is 43.9 Å². The van der Waals surface area contributed by atoms with Gasteiger partial charge in [-0.3, -0.25) is 0 Å². The largest absolute Gasteiger partial charge is 0.382 e. The molecule has 0 saturated carbocycles. The summed E-state index contributed by atoms with van der Waals surface area (Å²) >= 11 is 3.35. The number of hydrogen-bond donors (Lipinski definition) is 1. The van der Waals surface area contributed by atoms with Crippen LogP contribution in [0.15, 0.2) is 22.7 Å². The molecule has 0 radical (unpaired) electrons. The van der Waals surface area contributed by atoms with Crippen molar-refractivity contribution in [3.8, 4) is 0 Å². The van der Waals surface area contributed by atoms with Crippen molar-refractivity contribution in [1.29, 1.82) is 0 Å². The molecule has 0 amide bonds. The van der Waals surface area contributed by atoms with E-state index in [2.05, 4.69) is 15.9 Å². The van der Waals surface area contributed by atoms with Crippen LogP contribution in [-0.4, -0.2) is 19.3 Å². The molecular weight excluding hydrogens is 285 g/mol. The summed E-state index contributed by atoms with van der Waals surface area (Å²) in [6, 6.07) is 4.79. The molecule has 1 aromatic carbocycles. The molecule has 2 atom stereocenters. The first kappa shape index (κ1) is 14.6. The van der Waals surface area contributed by atoms with E-state index in [4.69, 9.17) is 10.5 Å². The van der Waals surface area contributed by atoms with E-state index in [1.54, 1.807) is 13.2 Å². The Morgan fingerprint density at radius 3 is 2.71 bits per heavy atom. The molecule has 0 heterocycles. The summed E-state index contributed by atoms with van der Waals surface area (Å²) in [5, 5.41) is 0. The summed E-state index contributed by atoms with van der Waals surface area (Å²) in [5.74, 6) is -0.234. The highest BCUT2D eigenvalue weighted by Crippen LogP contribution is 2.20. The maximum atomic E-state index is 12.9. The lowest BCUT2D eigenvalue weighted by Crippen LogP contribution is -2.24. The summed E-state index contributed by atoms with van der Waals surface area (Å²) in [4.78, 5) is 0. The van der Waals surface area contributed by atoms with Crippen LogP contribution in [0.5, 0.6) is 0 Å². The molecule has 0 fully saturated rings. The average molecular weight is 304 g/mol. The van der Waals surface area contributed by atoms with Gasteiger partial charge in [0, 0.05) is 17.6 Å². The molecule has 0 bridgehead atoms. The molecule has 4 heteroatoms. The van der Waals surface area contributed by atoms with Crippen molar-refractivity contribution < 1.29 is 9.13 Å². The van der Waals surface area contributed by atoms with Crippen LogP contribution in [0.4, 0.5) is 4.39 Å². The highest BCUT2D eigenvalue weighted by atomic mass is 79.9. The van der Waals surface area contributed by atoms with Crippen molar-refractivity contribution in [2.24, 2.45) is 5.73 Å². The number of halogens is 2. The van der Waals surface area contributed by atoms with Crippen molar-refractivity contribution in [3.05, 3.63) is 34.1 Å². The number of nitrogens with two attached hydrogens (primary N) is 1. The van der Waals surface area contributed by atoms with Gasteiger partial charge in [0.15, 0.2) is 0 Å². The molecule has 0 aliphatic heterocycles. The van der Waals surface area contributed by atoms with Crippen molar-refractivity contribution in [1.82, 2.24) is 0 Å². The van der Waals surface area contributed by atoms with Gasteiger partial charge in [0.1, 0.15) is 5.82 Å². The van der Waals surface area contributed by atoms with Gasteiger partial charge in [0.2, 0.25) is 0 Å². The molecule has 0 spiro atoms. The zero-order valence-electron chi connectivity index (χ0n) is 10.2. The Morgan fingerprint density at radius 2 is 2.12 bits per heavy atom. The van der Waals surface area contributed by atoms with E-state index < -0.39 is 0 Å². The van der Waals surface area contributed by atoms with Crippen molar-refractivity contribution in [2.45, 2.75) is 38.3 Å². The number of methoxy groups -OCH3 is 1. The van der Waals surface area contributed by atoms with Gasteiger partial charge < -0.3 is 10.5 Å². The minimum Gasteiger partial charge on any atom is -0.382 e. The summed E-state index contributed by atoms with van der Waals surface area (Å²) in [6.45, 7) is 2.03. The number of rotatable bonds is 6. The molecule has 17 heavy (non-hydrogen) atoms. The molecule has 2 unspecified atom stereocenters. The Balaban J connectivity index is 2.47.